The highest BCUT2D eigenvalue weighted by Gasteiger charge is 2.39. The molecule has 0 spiro atoms. The number of carbonyl (C=O) groups excluding carboxylic acids is 1. The highest BCUT2D eigenvalue weighted by atomic mass is 16.5. The number of amides is 1. The van der Waals surface area contributed by atoms with Gasteiger partial charge in [-0.3, -0.25) is 9.69 Å². The van der Waals surface area contributed by atoms with Gasteiger partial charge in [-0.2, -0.15) is 0 Å². The van der Waals surface area contributed by atoms with E-state index in [1.807, 2.05) is 11.0 Å². The van der Waals surface area contributed by atoms with E-state index in [0.717, 1.165) is 25.3 Å². The van der Waals surface area contributed by atoms with Gasteiger partial charge >= 0.3 is 0 Å². The maximum absolute atomic E-state index is 12.8. The van der Waals surface area contributed by atoms with Gasteiger partial charge in [0.2, 0.25) is 0 Å². The summed E-state index contributed by atoms with van der Waals surface area (Å²) in [6.45, 7) is 5.22. The first-order valence-electron chi connectivity index (χ1n) is 8.28. The molecule has 1 saturated carbocycles. The predicted molar refractivity (Wildman–Crippen MR) is 78.2 cm³/mol. The number of fused-ring (bicyclic) bond motifs is 1. The number of nitrogens with zero attached hydrogens (tertiary/aromatic N) is 3. The summed E-state index contributed by atoms with van der Waals surface area (Å²) < 4.78 is 5.35. The maximum Gasteiger partial charge on any atom is 0.276 e. The van der Waals surface area contributed by atoms with Crippen LogP contribution in [0.5, 0.6) is 0 Å². The van der Waals surface area contributed by atoms with E-state index < -0.39 is 0 Å². The number of piperazine rings is 1. The normalized spacial score (nSPS) is 29.7. The van der Waals surface area contributed by atoms with Gasteiger partial charge in [0.05, 0.1) is 0 Å². The van der Waals surface area contributed by atoms with Crippen molar-refractivity contribution >= 4 is 5.91 Å². The molecule has 1 aliphatic carbocycles. The van der Waals surface area contributed by atoms with Crippen molar-refractivity contribution in [1.29, 1.82) is 0 Å². The van der Waals surface area contributed by atoms with Gasteiger partial charge in [-0.15, -0.1) is 0 Å². The molecule has 0 radical (unpaired) electrons. The van der Waals surface area contributed by atoms with Crippen molar-refractivity contribution < 1.29 is 9.32 Å². The van der Waals surface area contributed by atoms with Gasteiger partial charge in [0.15, 0.2) is 5.69 Å². The van der Waals surface area contributed by atoms with Crippen LogP contribution in [0.1, 0.15) is 61.2 Å². The molecular weight excluding hydrogens is 266 g/mol. The Labute approximate surface area is 125 Å². The molecule has 3 aliphatic rings. The maximum atomic E-state index is 12.8. The van der Waals surface area contributed by atoms with Crippen LogP contribution in [0.15, 0.2) is 10.6 Å². The van der Waals surface area contributed by atoms with Crippen molar-refractivity contribution in [2.45, 2.75) is 57.0 Å². The van der Waals surface area contributed by atoms with E-state index in [4.69, 9.17) is 4.52 Å². The largest absolute Gasteiger partial charge is 0.360 e. The highest BCUT2D eigenvalue weighted by molar-refractivity contribution is 5.92. The Bertz CT molecular complexity index is 537. The Kier molecular flexibility index (Phi) is 3.25. The average molecular weight is 289 g/mol. The lowest BCUT2D eigenvalue weighted by atomic mass is 10.0. The van der Waals surface area contributed by atoms with Crippen molar-refractivity contribution in [3.8, 4) is 0 Å². The zero-order valence-corrected chi connectivity index (χ0v) is 12.6. The molecule has 1 aromatic rings. The van der Waals surface area contributed by atoms with Crippen molar-refractivity contribution in [3.05, 3.63) is 17.5 Å². The van der Waals surface area contributed by atoms with Gasteiger partial charge in [-0.05, 0) is 38.6 Å². The zero-order chi connectivity index (χ0) is 14.4. The second-order valence-corrected chi connectivity index (χ2v) is 6.70. The van der Waals surface area contributed by atoms with Crippen molar-refractivity contribution in [2.24, 2.45) is 0 Å². The minimum absolute atomic E-state index is 0.0593. The molecule has 4 rings (SSSR count). The topological polar surface area (TPSA) is 49.6 Å². The van der Waals surface area contributed by atoms with Crippen LogP contribution < -0.4 is 0 Å². The summed E-state index contributed by atoms with van der Waals surface area (Å²) >= 11 is 0. The van der Waals surface area contributed by atoms with Gasteiger partial charge in [-0.25, -0.2) is 0 Å². The summed E-state index contributed by atoms with van der Waals surface area (Å²) in [4.78, 5) is 17.4. The van der Waals surface area contributed by atoms with Crippen LogP contribution in [0, 0.1) is 0 Å². The standard InChI is InChI=1S/C16H23N3O2/c1-2-12-9-18-7-3-4-13(18)10-19(12)16(20)14-8-15(21-17-14)11-5-6-11/h8,11-13H,2-7,9-10H2,1H3. The van der Waals surface area contributed by atoms with Crippen molar-refractivity contribution in [2.75, 3.05) is 19.6 Å². The van der Waals surface area contributed by atoms with Crippen molar-refractivity contribution in [1.82, 2.24) is 15.0 Å². The molecule has 2 aliphatic heterocycles. The monoisotopic (exact) mass is 289 g/mol. The molecule has 0 N–H and O–H groups in total. The lowest BCUT2D eigenvalue weighted by Gasteiger charge is -2.43. The van der Waals surface area contributed by atoms with Crippen LogP contribution >= 0.6 is 0 Å². The lowest BCUT2D eigenvalue weighted by molar-refractivity contribution is 0.0337. The summed E-state index contributed by atoms with van der Waals surface area (Å²) in [7, 11) is 0. The minimum Gasteiger partial charge on any atom is -0.360 e. The Balaban J connectivity index is 1.53. The molecule has 2 atom stereocenters. The van der Waals surface area contributed by atoms with E-state index in [1.165, 1.54) is 32.2 Å². The van der Waals surface area contributed by atoms with E-state index in [9.17, 15) is 4.79 Å². The molecule has 2 unspecified atom stereocenters. The fraction of sp³-hybridized carbons (Fsp3) is 0.750. The molecule has 3 fully saturated rings. The number of hydrogen-bond acceptors (Lipinski definition) is 4. The Hall–Kier alpha value is -1.36. The van der Waals surface area contributed by atoms with Crippen LogP contribution in [0.2, 0.25) is 0 Å². The van der Waals surface area contributed by atoms with Gasteiger partial charge in [0.1, 0.15) is 5.76 Å². The molecule has 114 valence electrons. The molecule has 5 nitrogen and oxygen atoms in total. The predicted octanol–water partition coefficient (Wildman–Crippen LogP) is 2.25. The van der Waals surface area contributed by atoms with E-state index >= 15 is 0 Å². The average Bonchev–Trinajstić information content (AvgIpc) is 3.07. The highest BCUT2D eigenvalue weighted by Crippen LogP contribution is 2.40. The zero-order valence-electron chi connectivity index (χ0n) is 12.6. The fourth-order valence-corrected chi connectivity index (χ4v) is 3.78. The third-order valence-electron chi connectivity index (χ3n) is 5.25. The molecule has 1 amide bonds. The number of aromatic nitrogens is 1. The summed E-state index contributed by atoms with van der Waals surface area (Å²) in [6.07, 6.45) is 5.82. The third kappa shape index (κ3) is 2.37. The number of carbonyl (C=O) groups is 1. The molecule has 0 bridgehead atoms. The van der Waals surface area contributed by atoms with Crippen LogP contribution in [0.25, 0.3) is 0 Å². The molecule has 21 heavy (non-hydrogen) atoms. The van der Waals surface area contributed by atoms with E-state index in [1.54, 1.807) is 0 Å². The van der Waals surface area contributed by atoms with Gasteiger partial charge in [0.25, 0.3) is 5.91 Å². The summed E-state index contributed by atoms with van der Waals surface area (Å²) in [5, 5.41) is 4.03. The molecule has 0 aromatic carbocycles. The smallest absolute Gasteiger partial charge is 0.276 e. The lowest BCUT2D eigenvalue weighted by Crippen LogP contribution is -2.57. The van der Waals surface area contributed by atoms with Crippen LogP contribution in [0.3, 0.4) is 0 Å². The molecular formula is C16H23N3O2. The van der Waals surface area contributed by atoms with Crippen LogP contribution in [-0.2, 0) is 0 Å². The van der Waals surface area contributed by atoms with Gasteiger partial charge in [0, 0.05) is 37.2 Å². The van der Waals surface area contributed by atoms with E-state index in [-0.39, 0.29) is 5.91 Å². The number of hydrogen-bond donors (Lipinski definition) is 0. The summed E-state index contributed by atoms with van der Waals surface area (Å²) in [5.74, 6) is 1.46. The van der Waals surface area contributed by atoms with Gasteiger partial charge in [-0.1, -0.05) is 12.1 Å². The SMILES string of the molecule is CCC1CN2CCCC2CN1C(=O)c1cc(C2CC2)on1. The molecule has 1 aromatic heterocycles. The molecule has 5 heteroatoms. The Morgan fingerprint density at radius 3 is 3.00 bits per heavy atom. The minimum atomic E-state index is 0.0593. The fourth-order valence-electron chi connectivity index (χ4n) is 3.78. The van der Waals surface area contributed by atoms with Crippen molar-refractivity contribution in [3.63, 3.8) is 0 Å². The Morgan fingerprint density at radius 2 is 2.24 bits per heavy atom. The third-order valence-corrected chi connectivity index (χ3v) is 5.25. The summed E-state index contributed by atoms with van der Waals surface area (Å²) in [5.41, 5.74) is 0.502. The molecule has 2 saturated heterocycles. The second kappa shape index (κ2) is 5.13. The van der Waals surface area contributed by atoms with E-state index in [2.05, 4.69) is 17.0 Å². The van der Waals surface area contributed by atoms with E-state index in [0.29, 0.717) is 23.7 Å². The summed E-state index contributed by atoms with van der Waals surface area (Å²) in [6, 6.07) is 2.73. The Morgan fingerprint density at radius 1 is 1.38 bits per heavy atom. The quantitative estimate of drug-likeness (QED) is 0.856. The van der Waals surface area contributed by atoms with Crippen LogP contribution in [0.4, 0.5) is 0 Å². The second-order valence-electron chi connectivity index (χ2n) is 6.70. The first kappa shape index (κ1) is 13.3. The van der Waals surface area contributed by atoms with Gasteiger partial charge < -0.3 is 9.42 Å². The molecule has 3 heterocycles. The first-order chi connectivity index (χ1) is 10.3. The first-order valence-corrected chi connectivity index (χ1v) is 8.28. The van der Waals surface area contributed by atoms with Crippen LogP contribution in [-0.4, -0.2) is 52.6 Å². The number of rotatable bonds is 3.